The summed E-state index contributed by atoms with van der Waals surface area (Å²) < 4.78 is 13.2. The van der Waals surface area contributed by atoms with Crippen LogP contribution < -0.4 is 0 Å². The second-order valence-electron chi connectivity index (χ2n) is 5.52. The number of aryl methyl sites for hydroxylation is 1. The summed E-state index contributed by atoms with van der Waals surface area (Å²) in [4.78, 5) is 25.2. The van der Waals surface area contributed by atoms with Gasteiger partial charge in [0.1, 0.15) is 11.9 Å². The molecule has 0 radical (unpaired) electrons. The number of benzene rings is 1. The first-order chi connectivity index (χ1) is 9.99. The van der Waals surface area contributed by atoms with Gasteiger partial charge in [0.2, 0.25) is 0 Å². The Bertz CT molecular complexity index is 544. The summed E-state index contributed by atoms with van der Waals surface area (Å²) in [7, 11) is 0. The Morgan fingerprint density at radius 2 is 2.14 bits per heavy atom. The number of carbonyl (C=O) groups excluding carboxylic acids is 1. The lowest BCUT2D eigenvalue weighted by Crippen LogP contribution is -2.45. The molecule has 0 bridgehead atoms. The minimum Gasteiger partial charge on any atom is -0.480 e. The SMILES string of the molecule is Cc1cc(C(=O)CCN2CCCCC2C(=O)O)ccc1F. The van der Waals surface area contributed by atoms with E-state index in [-0.39, 0.29) is 18.0 Å². The molecule has 4 nitrogen and oxygen atoms in total. The summed E-state index contributed by atoms with van der Waals surface area (Å²) in [5.74, 6) is -1.22. The van der Waals surface area contributed by atoms with Crippen LogP contribution in [0.25, 0.3) is 0 Å². The summed E-state index contributed by atoms with van der Waals surface area (Å²) >= 11 is 0. The van der Waals surface area contributed by atoms with E-state index in [0.29, 0.717) is 30.6 Å². The van der Waals surface area contributed by atoms with E-state index in [1.807, 2.05) is 4.90 Å². The Kier molecular flexibility index (Phi) is 5.07. The molecule has 1 aromatic carbocycles. The molecule has 1 saturated heterocycles. The quantitative estimate of drug-likeness (QED) is 0.848. The number of hydrogen-bond acceptors (Lipinski definition) is 3. The predicted molar refractivity (Wildman–Crippen MR) is 76.9 cm³/mol. The lowest BCUT2D eigenvalue weighted by Gasteiger charge is -2.32. The van der Waals surface area contributed by atoms with Gasteiger partial charge in [-0.2, -0.15) is 0 Å². The van der Waals surface area contributed by atoms with E-state index in [1.165, 1.54) is 12.1 Å². The second kappa shape index (κ2) is 6.80. The maximum Gasteiger partial charge on any atom is 0.320 e. The van der Waals surface area contributed by atoms with Crippen LogP contribution in [-0.2, 0) is 4.79 Å². The van der Waals surface area contributed by atoms with Crippen molar-refractivity contribution in [1.29, 1.82) is 0 Å². The molecule has 1 atom stereocenters. The summed E-state index contributed by atoms with van der Waals surface area (Å²) in [6, 6.07) is 3.84. The van der Waals surface area contributed by atoms with Crippen LogP contribution in [0, 0.1) is 12.7 Å². The third kappa shape index (κ3) is 3.88. The van der Waals surface area contributed by atoms with E-state index in [1.54, 1.807) is 13.0 Å². The topological polar surface area (TPSA) is 57.6 Å². The number of aliphatic carboxylic acids is 1. The Balaban J connectivity index is 1.96. The zero-order valence-corrected chi connectivity index (χ0v) is 12.1. The van der Waals surface area contributed by atoms with Gasteiger partial charge in [-0.15, -0.1) is 0 Å². The van der Waals surface area contributed by atoms with Crippen molar-refractivity contribution in [3.05, 3.63) is 35.1 Å². The van der Waals surface area contributed by atoms with Gasteiger partial charge in [0.05, 0.1) is 0 Å². The molecule has 0 aromatic heterocycles. The molecule has 1 aliphatic heterocycles. The van der Waals surface area contributed by atoms with E-state index in [4.69, 9.17) is 0 Å². The number of carboxylic acids is 1. The zero-order chi connectivity index (χ0) is 15.4. The molecule has 5 heteroatoms. The van der Waals surface area contributed by atoms with E-state index in [2.05, 4.69) is 0 Å². The lowest BCUT2D eigenvalue weighted by molar-refractivity contribution is -0.144. The van der Waals surface area contributed by atoms with Crippen LogP contribution in [0.2, 0.25) is 0 Å². The summed E-state index contributed by atoms with van der Waals surface area (Å²) in [5.41, 5.74) is 0.931. The number of hydrogen-bond donors (Lipinski definition) is 1. The monoisotopic (exact) mass is 293 g/mol. The van der Waals surface area contributed by atoms with Crippen molar-refractivity contribution in [2.45, 2.75) is 38.6 Å². The lowest BCUT2D eigenvalue weighted by atomic mass is 10.0. The van der Waals surface area contributed by atoms with E-state index in [0.717, 1.165) is 12.8 Å². The Morgan fingerprint density at radius 1 is 1.38 bits per heavy atom. The molecule has 21 heavy (non-hydrogen) atoms. The number of carbonyl (C=O) groups is 2. The third-order valence-corrected chi connectivity index (χ3v) is 4.00. The van der Waals surface area contributed by atoms with Crippen molar-refractivity contribution in [1.82, 2.24) is 4.90 Å². The van der Waals surface area contributed by atoms with E-state index < -0.39 is 12.0 Å². The van der Waals surface area contributed by atoms with Gasteiger partial charge in [-0.25, -0.2) is 4.39 Å². The average molecular weight is 293 g/mol. The molecule has 1 heterocycles. The fourth-order valence-electron chi connectivity index (χ4n) is 2.75. The Hall–Kier alpha value is -1.75. The molecule has 0 amide bonds. The van der Waals surface area contributed by atoms with Crippen LogP contribution in [0.3, 0.4) is 0 Å². The Morgan fingerprint density at radius 3 is 2.81 bits per heavy atom. The molecular formula is C16H20FNO3. The highest BCUT2D eigenvalue weighted by atomic mass is 19.1. The average Bonchev–Trinajstić information content (AvgIpc) is 2.47. The van der Waals surface area contributed by atoms with Crippen molar-refractivity contribution < 1.29 is 19.1 Å². The highest BCUT2D eigenvalue weighted by Gasteiger charge is 2.28. The van der Waals surface area contributed by atoms with Crippen molar-refractivity contribution >= 4 is 11.8 Å². The minimum atomic E-state index is -0.820. The largest absolute Gasteiger partial charge is 0.480 e. The van der Waals surface area contributed by atoms with Gasteiger partial charge >= 0.3 is 5.97 Å². The van der Waals surface area contributed by atoms with Crippen molar-refractivity contribution in [3.8, 4) is 0 Å². The molecule has 0 saturated carbocycles. The van der Waals surface area contributed by atoms with Gasteiger partial charge in [0.25, 0.3) is 0 Å². The standard InChI is InChI=1S/C16H20FNO3/c1-11-10-12(5-6-13(11)17)15(19)7-9-18-8-3-2-4-14(18)16(20)21/h5-6,10,14H,2-4,7-9H2,1H3,(H,20,21). The highest BCUT2D eigenvalue weighted by Crippen LogP contribution is 2.18. The highest BCUT2D eigenvalue weighted by molar-refractivity contribution is 5.96. The van der Waals surface area contributed by atoms with Gasteiger partial charge in [-0.3, -0.25) is 14.5 Å². The number of nitrogens with zero attached hydrogens (tertiary/aromatic N) is 1. The van der Waals surface area contributed by atoms with Gasteiger partial charge in [0, 0.05) is 18.5 Å². The fraction of sp³-hybridized carbons (Fsp3) is 0.500. The van der Waals surface area contributed by atoms with Gasteiger partial charge in [-0.05, 0) is 50.1 Å². The number of likely N-dealkylation sites (tertiary alicyclic amines) is 1. The minimum absolute atomic E-state index is 0.0761. The first-order valence-electron chi connectivity index (χ1n) is 7.25. The second-order valence-corrected chi connectivity index (χ2v) is 5.52. The molecule has 2 rings (SSSR count). The molecule has 1 N–H and O–H groups in total. The number of rotatable bonds is 5. The molecular weight excluding hydrogens is 273 g/mol. The van der Waals surface area contributed by atoms with Crippen molar-refractivity contribution in [2.24, 2.45) is 0 Å². The van der Waals surface area contributed by atoms with Crippen molar-refractivity contribution in [3.63, 3.8) is 0 Å². The van der Waals surface area contributed by atoms with Gasteiger partial charge in [-0.1, -0.05) is 6.42 Å². The number of carboxylic acid groups (broad SMARTS) is 1. The maximum atomic E-state index is 13.2. The van der Waals surface area contributed by atoms with Crippen LogP contribution in [0.1, 0.15) is 41.6 Å². The number of halogens is 1. The smallest absolute Gasteiger partial charge is 0.320 e. The first kappa shape index (κ1) is 15.6. The van der Waals surface area contributed by atoms with Gasteiger partial charge in [0.15, 0.2) is 5.78 Å². The Labute approximate surface area is 123 Å². The normalized spacial score (nSPS) is 19.4. The zero-order valence-electron chi connectivity index (χ0n) is 12.1. The molecule has 114 valence electrons. The number of piperidine rings is 1. The summed E-state index contributed by atoms with van der Waals surface area (Å²) in [5, 5.41) is 9.19. The third-order valence-electron chi connectivity index (χ3n) is 4.00. The van der Waals surface area contributed by atoms with Crippen LogP contribution in [-0.4, -0.2) is 40.9 Å². The number of ketones is 1. The van der Waals surface area contributed by atoms with Crippen LogP contribution in [0.15, 0.2) is 18.2 Å². The molecule has 1 aliphatic rings. The maximum absolute atomic E-state index is 13.2. The first-order valence-corrected chi connectivity index (χ1v) is 7.25. The number of Topliss-reactive ketones (excluding diaryl/α,β-unsaturated/α-hetero) is 1. The molecule has 0 spiro atoms. The molecule has 0 aliphatic carbocycles. The van der Waals surface area contributed by atoms with E-state index in [9.17, 15) is 19.1 Å². The van der Waals surface area contributed by atoms with Crippen molar-refractivity contribution in [2.75, 3.05) is 13.1 Å². The predicted octanol–water partition coefficient (Wildman–Crippen LogP) is 2.65. The molecule has 1 unspecified atom stereocenters. The summed E-state index contributed by atoms with van der Waals surface area (Å²) in [6.45, 7) is 2.77. The van der Waals surface area contributed by atoms with Crippen LogP contribution >= 0.6 is 0 Å². The summed E-state index contributed by atoms with van der Waals surface area (Å²) in [6.07, 6.45) is 2.78. The van der Waals surface area contributed by atoms with Crippen LogP contribution in [0.5, 0.6) is 0 Å². The molecule has 1 fully saturated rings. The van der Waals surface area contributed by atoms with Crippen LogP contribution in [0.4, 0.5) is 4.39 Å². The van der Waals surface area contributed by atoms with E-state index >= 15 is 0 Å². The molecule has 1 aromatic rings. The van der Waals surface area contributed by atoms with Gasteiger partial charge < -0.3 is 5.11 Å². The fourth-order valence-corrected chi connectivity index (χ4v) is 2.75.